The van der Waals surface area contributed by atoms with Crippen LogP contribution in [0.2, 0.25) is 0 Å². The van der Waals surface area contributed by atoms with E-state index >= 15 is 0 Å². The highest BCUT2D eigenvalue weighted by atomic mass is 32.2. The first-order chi connectivity index (χ1) is 17.2. The summed E-state index contributed by atoms with van der Waals surface area (Å²) in [6.07, 6.45) is -0.225. The summed E-state index contributed by atoms with van der Waals surface area (Å²) in [5.74, 6) is 0.276. The fourth-order valence-corrected chi connectivity index (χ4v) is 5.55. The van der Waals surface area contributed by atoms with Gasteiger partial charge in [0, 0.05) is 26.1 Å². The van der Waals surface area contributed by atoms with Crippen LogP contribution < -0.4 is 19.7 Å². The molecule has 0 spiro atoms. The highest BCUT2D eigenvalue weighted by molar-refractivity contribution is 7.89. The minimum absolute atomic E-state index is 0.0512. The van der Waals surface area contributed by atoms with Gasteiger partial charge in [-0.2, -0.15) is 4.31 Å². The van der Waals surface area contributed by atoms with E-state index in [2.05, 4.69) is 0 Å². The summed E-state index contributed by atoms with van der Waals surface area (Å²) in [6.45, 7) is 4.46. The average Bonchev–Trinajstić information content (AvgIpc) is 3.36. The molecule has 0 saturated heterocycles. The van der Waals surface area contributed by atoms with Gasteiger partial charge in [-0.1, -0.05) is 6.07 Å². The van der Waals surface area contributed by atoms with Gasteiger partial charge in [0.15, 0.2) is 11.5 Å². The zero-order chi connectivity index (χ0) is 26.3. The molecule has 0 aromatic heterocycles. The van der Waals surface area contributed by atoms with Gasteiger partial charge < -0.3 is 19.1 Å². The third-order valence-corrected chi connectivity index (χ3v) is 7.82. The number of hydrogen-bond acceptors (Lipinski definition) is 8. The molecule has 0 aliphatic carbocycles. The second-order valence-electron chi connectivity index (χ2n) is 8.01. The molecule has 2 N–H and O–H groups in total. The molecule has 1 aliphatic rings. The summed E-state index contributed by atoms with van der Waals surface area (Å²) in [4.78, 5) is 26.9. The van der Waals surface area contributed by atoms with Crippen molar-refractivity contribution in [2.45, 2.75) is 44.2 Å². The Bertz CT molecular complexity index is 1170. The van der Waals surface area contributed by atoms with Crippen LogP contribution >= 0.6 is 0 Å². The number of hydroxylamine groups is 1. The minimum atomic E-state index is -4.26. The SMILES string of the molecule is CCN(CC)C(=O)CC[C@H](C(=O)NO)N(Cc1ccc2c(c1)OCO2)S(=O)(=O)c1ccc(OC)cc1. The van der Waals surface area contributed by atoms with Crippen molar-refractivity contribution in [3.8, 4) is 17.2 Å². The molecule has 1 aliphatic heterocycles. The number of amides is 2. The zero-order valence-corrected chi connectivity index (χ0v) is 21.3. The molecule has 0 fully saturated rings. The lowest BCUT2D eigenvalue weighted by atomic mass is 10.1. The van der Waals surface area contributed by atoms with Crippen molar-refractivity contribution in [2.24, 2.45) is 0 Å². The number of benzene rings is 2. The van der Waals surface area contributed by atoms with E-state index in [1.807, 2.05) is 13.8 Å². The number of fused-ring (bicyclic) bond motifs is 1. The Hall–Kier alpha value is -3.35. The Morgan fingerprint density at radius 3 is 2.36 bits per heavy atom. The normalized spacial score (nSPS) is 13.4. The molecule has 0 radical (unpaired) electrons. The Morgan fingerprint density at radius 1 is 1.08 bits per heavy atom. The highest BCUT2D eigenvalue weighted by Gasteiger charge is 2.37. The van der Waals surface area contributed by atoms with Gasteiger partial charge in [-0.25, -0.2) is 13.9 Å². The van der Waals surface area contributed by atoms with Crippen molar-refractivity contribution >= 4 is 21.8 Å². The maximum atomic E-state index is 13.8. The fraction of sp³-hybridized carbons (Fsp3) is 0.417. The Balaban J connectivity index is 2.00. The molecule has 36 heavy (non-hydrogen) atoms. The van der Waals surface area contributed by atoms with Crippen LogP contribution in [0.15, 0.2) is 47.4 Å². The molecule has 0 bridgehead atoms. The molecule has 2 aromatic carbocycles. The average molecular weight is 522 g/mol. The number of nitrogens with zero attached hydrogens (tertiary/aromatic N) is 2. The molecule has 196 valence electrons. The van der Waals surface area contributed by atoms with Gasteiger partial charge in [-0.05, 0) is 62.2 Å². The lowest BCUT2D eigenvalue weighted by Crippen LogP contribution is -2.49. The summed E-state index contributed by atoms with van der Waals surface area (Å²) >= 11 is 0. The topological polar surface area (TPSA) is 135 Å². The van der Waals surface area contributed by atoms with E-state index in [9.17, 15) is 23.2 Å². The van der Waals surface area contributed by atoms with Crippen molar-refractivity contribution in [1.29, 1.82) is 0 Å². The van der Waals surface area contributed by atoms with E-state index < -0.39 is 22.0 Å². The van der Waals surface area contributed by atoms with E-state index in [0.717, 1.165) is 4.31 Å². The second-order valence-corrected chi connectivity index (χ2v) is 9.90. The quantitative estimate of drug-likeness (QED) is 0.320. The van der Waals surface area contributed by atoms with E-state index in [4.69, 9.17) is 14.2 Å². The second kappa shape index (κ2) is 12.1. The Morgan fingerprint density at radius 2 is 1.75 bits per heavy atom. The van der Waals surface area contributed by atoms with Crippen LogP contribution in [0.4, 0.5) is 0 Å². The van der Waals surface area contributed by atoms with Gasteiger partial charge in [0.2, 0.25) is 22.7 Å². The molecule has 2 aromatic rings. The summed E-state index contributed by atoms with van der Waals surface area (Å²) in [7, 11) is -2.80. The molecule has 12 heteroatoms. The first kappa shape index (κ1) is 27.2. The van der Waals surface area contributed by atoms with E-state index in [1.54, 1.807) is 28.6 Å². The molecule has 2 amide bonds. The van der Waals surface area contributed by atoms with Gasteiger partial charge in [0.25, 0.3) is 5.91 Å². The largest absolute Gasteiger partial charge is 0.497 e. The predicted molar refractivity (Wildman–Crippen MR) is 129 cm³/mol. The van der Waals surface area contributed by atoms with Crippen molar-refractivity contribution in [3.63, 3.8) is 0 Å². The molecule has 1 heterocycles. The maximum absolute atomic E-state index is 13.8. The number of methoxy groups -OCH3 is 1. The van der Waals surface area contributed by atoms with Crippen LogP contribution in [0.5, 0.6) is 17.2 Å². The molecule has 0 unspecified atom stereocenters. The van der Waals surface area contributed by atoms with Crippen LogP contribution in [0.25, 0.3) is 0 Å². The van der Waals surface area contributed by atoms with Crippen LogP contribution in [-0.4, -0.2) is 67.7 Å². The summed E-state index contributed by atoms with van der Waals surface area (Å²) in [5.41, 5.74) is 2.09. The number of sulfonamides is 1. The molecular weight excluding hydrogens is 490 g/mol. The monoisotopic (exact) mass is 521 g/mol. The van der Waals surface area contributed by atoms with Gasteiger partial charge in [-0.15, -0.1) is 0 Å². The third-order valence-electron chi connectivity index (χ3n) is 5.95. The summed E-state index contributed by atoms with van der Waals surface area (Å²) < 4.78 is 44.4. The number of rotatable bonds is 12. The highest BCUT2D eigenvalue weighted by Crippen LogP contribution is 2.34. The van der Waals surface area contributed by atoms with Crippen molar-refractivity contribution in [2.75, 3.05) is 27.0 Å². The van der Waals surface area contributed by atoms with E-state index in [0.29, 0.717) is 35.9 Å². The van der Waals surface area contributed by atoms with Crippen LogP contribution in [0.3, 0.4) is 0 Å². The van der Waals surface area contributed by atoms with Crippen LogP contribution in [-0.2, 0) is 26.2 Å². The molecule has 3 rings (SSSR count). The third kappa shape index (κ3) is 6.07. The summed E-state index contributed by atoms with van der Waals surface area (Å²) in [5, 5.41) is 9.45. The maximum Gasteiger partial charge on any atom is 0.261 e. The number of carbonyl (C=O) groups is 2. The van der Waals surface area contributed by atoms with Gasteiger partial charge >= 0.3 is 0 Å². The minimum Gasteiger partial charge on any atom is -0.497 e. The van der Waals surface area contributed by atoms with Crippen LogP contribution in [0.1, 0.15) is 32.3 Å². The van der Waals surface area contributed by atoms with Gasteiger partial charge in [0.05, 0.1) is 12.0 Å². The molecule has 1 atom stereocenters. The Kier molecular flexibility index (Phi) is 9.13. The summed E-state index contributed by atoms with van der Waals surface area (Å²) in [6, 6.07) is 9.32. The lowest BCUT2D eigenvalue weighted by molar-refractivity contribution is -0.135. The number of nitrogens with one attached hydrogen (secondary N) is 1. The number of ether oxygens (including phenoxy) is 3. The number of hydrogen-bond donors (Lipinski definition) is 2. The van der Waals surface area contributed by atoms with Gasteiger partial charge in [0.1, 0.15) is 11.8 Å². The van der Waals surface area contributed by atoms with E-state index in [1.165, 1.54) is 31.4 Å². The zero-order valence-electron chi connectivity index (χ0n) is 20.5. The van der Waals surface area contributed by atoms with Crippen LogP contribution in [0, 0.1) is 0 Å². The van der Waals surface area contributed by atoms with Crippen molar-refractivity contribution in [3.05, 3.63) is 48.0 Å². The molecular formula is C24H31N3O8S. The van der Waals surface area contributed by atoms with Crippen molar-refractivity contribution < 1.29 is 37.4 Å². The lowest BCUT2D eigenvalue weighted by Gasteiger charge is -2.30. The van der Waals surface area contributed by atoms with Gasteiger partial charge in [-0.3, -0.25) is 14.8 Å². The molecule has 0 saturated carbocycles. The van der Waals surface area contributed by atoms with Crippen molar-refractivity contribution in [1.82, 2.24) is 14.7 Å². The first-order valence-corrected chi connectivity index (χ1v) is 12.9. The standard InChI is InChI=1S/C24H31N3O8S/c1-4-26(5-2)23(28)13-11-20(24(29)25-30)27(15-17-6-12-21-22(14-17)35-16-34-21)36(31,32)19-9-7-18(33-3)8-10-19/h6-10,12,14,20,30H,4-5,11,13,15-16H2,1-3H3,(H,25,29)/t20-/m1/s1. The number of carbonyl (C=O) groups excluding carboxylic acids is 2. The van der Waals surface area contributed by atoms with E-state index in [-0.39, 0.29) is 37.0 Å². The first-order valence-electron chi connectivity index (χ1n) is 11.5. The fourth-order valence-electron chi connectivity index (χ4n) is 3.94. The predicted octanol–water partition coefficient (Wildman–Crippen LogP) is 2.14. The Labute approximate surface area is 210 Å². The smallest absolute Gasteiger partial charge is 0.261 e. The molecule has 11 nitrogen and oxygen atoms in total.